The van der Waals surface area contributed by atoms with Crippen molar-refractivity contribution in [2.24, 2.45) is 0 Å². The zero-order chi connectivity index (χ0) is 12.3. The van der Waals surface area contributed by atoms with Crippen LogP contribution in [-0.2, 0) is 11.3 Å². The smallest absolute Gasteiger partial charge is 0.371 e. The Labute approximate surface area is 98.0 Å². The molecule has 1 aromatic rings. The molecule has 0 saturated heterocycles. The molecule has 0 aliphatic heterocycles. The molecular formula is C11H14N2O4. The molecule has 0 unspecified atom stereocenters. The summed E-state index contributed by atoms with van der Waals surface area (Å²) in [6, 6.07) is 3.32. The summed E-state index contributed by atoms with van der Waals surface area (Å²) in [5.41, 5.74) is 0. The Morgan fingerprint density at radius 2 is 2.18 bits per heavy atom. The third kappa shape index (κ3) is 3.60. The van der Waals surface area contributed by atoms with Crippen LogP contribution in [0.2, 0.25) is 0 Å². The zero-order valence-corrected chi connectivity index (χ0v) is 9.23. The van der Waals surface area contributed by atoms with Gasteiger partial charge in [0, 0.05) is 6.04 Å². The molecule has 3 N–H and O–H groups in total. The molecule has 0 atom stereocenters. The van der Waals surface area contributed by atoms with Crippen molar-refractivity contribution in [3.63, 3.8) is 0 Å². The van der Waals surface area contributed by atoms with E-state index in [0.29, 0.717) is 18.3 Å². The Bertz CT molecular complexity index is 423. The fourth-order valence-electron chi connectivity index (χ4n) is 1.39. The number of hydrogen-bond donors (Lipinski definition) is 3. The lowest BCUT2D eigenvalue weighted by Crippen LogP contribution is -2.34. The van der Waals surface area contributed by atoms with Crippen molar-refractivity contribution in [1.29, 1.82) is 0 Å². The lowest BCUT2D eigenvalue weighted by molar-refractivity contribution is -0.120. The second kappa shape index (κ2) is 5.01. The molecule has 1 aliphatic rings. The van der Waals surface area contributed by atoms with Crippen LogP contribution in [0.1, 0.15) is 29.2 Å². The monoisotopic (exact) mass is 238 g/mol. The summed E-state index contributed by atoms with van der Waals surface area (Å²) in [6.45, 7) is 0.547. The number of amides is 1. The van der Waals surface area contributed by atoms with Gasteiger partial charge in [0.25, 0.3) is 0 Å². The van der Waals surface area contributed by atoms with Gasteiger partial charge in [-0.1, -0.05) is 0 Å². The van der Waals surface area contributed by atoms with Gasteiger partial charge >= 0.3 is 5.97 Å². The van der Waals surface area contributed by atoms with Gasteiger partial charge in [0.15, 0.2) is 0 Å². The first-order valence-corrected chi connectivity index (χ1v) is 5.47. The maximum Gasteiger partial charge on any atom is 0.371 e. The Hall–Kier alpha value is -1.82. The summed E-state index contributed by atoms with van der Waals surface area (Å²) in [6.07, 6.45) is 2.12. The van der Waals surface area contributed by atoms with Gasteiger partial charge < -0.3 is 20.2 Å². The maximum absolute atomic E-state index is 11.3. The van der Waals surface area contributed by atoms with E-state index in [2.05, 4.69) is 10.6 Å². The molecule has 92 valence electrons. The highest BCUT2D eigenvalue weighted by atomic mass is 16.4. The number of aromatic carboxylic acids is 1. The van der Waals surface area contributed by atoms with Crippen LogP contribution in [0.3, 0.4) is 0 Å². The molecule has 2 rings (SSSR count). The Balaban J connectivity index is 1.69. The van der Waals surface area contributed by atoms with E-state index in [9.17, 15) is 9.59 Å². The molecular weight excluding hydrogens is 224 g/mol. The summed E-state index contributed by atoms with van der Waals surface area (Å²) >= 11 is 0. The van der Waals surface area contributed by atoms with Crippen molar-refractivity contribution < 1.29 is 19.1 Å². The molecule has 0 bridgehead atoms. The first-order valence-electron chi connectivity index (χ1n) is 5.47. The van der Waals surface area contributed by atoms with Crippen LogP contribution in [0, 0.1) is 0 Å². The molecule has 1 aliphatic carbocycles. The fraction of sp³-hybridized carbons (Fsp3) is 0.455. The van der Waals surface area contributed by atoms with E-state index in [-0.39, 0.29) is 18.2 Å². The van der Waals surface area contributed by atoms with Crippen molar-refractivity contribution in [3.8, 4) is 0 Å². The van der Waals surface area contributed by atoms with Crippen LogP contribution in [-0.4, -0.2) is 29.6 Å². The Morgan fingerprint density at radius 3 is 2.76 bits per heavy atom. The molecule has 0 radical (unpaired) electrons. The summed E-state index contributed by atoms with van der Waals surface area (Å²) in [7, 11) is 0. The number of carboxylic acid groups (broad SMARTS) is 1. The number of furan rings is 1. The van der Waals surface area contributed by atoms with E-state index in [1.807, 2.05) is 0 Å². The molecule has 1 aromatic heterocycles. The van der Waals surface area contributed by atoms with E-state index in [0.717, 1.165) is 12.8 Å². The van der Waals surface area contributed by atoms with E-state index in [1.165, 1.54) is 6.07 Å². The second-order valence-corrected chi connectivity index (χ2v) is 4.02. The number of hydrogen-bond acceptors (Lipinski definition) is 4. The van der Waals surface area contributed by atoms with Gasteiger partial charge in [-0.15, -0.1) is 0 Å². The van der Waals surface area contributed by atoms with E-state index >= 15 is 0 Å². The van der Waals surface area contributed by atoms with Gasteiger partial charge in [-0.25, -0.2) is 4.79 Å². The number of carbonyl (C=O) groups excluding carboxylic acids is 1. The SMILES string of the molecule is O=C(CNCc1ccc(C(=O)O)o1)NC1CC1. The molecule has 1 saturated carbocycles. The van der Waals surface area contributed by atoms with Crippen molar-refractivity contribution in [2.45, 2.75) is 25.4 Å². The fourth-order valence-corrected chi connectivity index (χ4v) is 1.39. The minimum absolute atomic E-state index is 0.0440. The molecule has 6 heteroatoms. The molecule has 1 fully saturated rings. The predicted octanol–water partition coefficient (Wildman–Crippen LogP) is 0.346. The number of rotatable bonds is 6. The quantitative estimate of drug-likeness (QED) is 0.665. The van der Waals surface area contributed by atoms with Crippen molar-refractivity contribution in [3.05, 3.63) is 23.7 Å². The molecule has 1 amide bonds. The normalized spacial score (nSPS) is 14.6. The maximum atomic E-state index is 11.3. The zero-order valence-electron chi connectivity index (χ0n) is 9.23. The van der Waals surface area contributed by atoms with Crippen molar-refractivity contribution in [1.82, 2.24) is 10.6 Å². The van der Waals surface area contributed by atoms with Crippen LogP contribution < -0.4 is 10.6 Å². The average Bonchev–Trinajstić information content (AvgIpc) is 2.94. The van der Waals surface area contributed by atoms with Gasteiger partial charge in [0.2, 0.25) is 11.7 Å². The summed E-state index contributed by atoms with van der Waals surface area (Å²) < 4.78 is 5.03. The minimum Gasteiger partial charge on any atom is -0.475 e. The molecule has 17 heavy (non-hydrogen) atoms. The van der Waals surface area contributed by atoms with Crippen molar-refractivity contribution in [2.75, 3.05) is 6.54 Å². The average molecular weight is 238 g/mol. The Kier molecular flexibility index (Phi) is 3.43. The molecule has 6 nitrogen and oxygen atoms in total. The topological polar surface area (TPSA) is 91.6 Å². The Morgan fingerprint density at radius 1 is 1.41 bits per heavy atom. The minimum atomic E-state index is -1.09. The largest absolute Gasteiger partial charge is 0.475 e. The highest BCUT2D eigenvalue weighted by Gasteiger charge is 2.22. The van der Waals surface area contributed by atoms with Crippen LogP contribution in [0.5, 0.6) is 0 Å². The van der Waals surface area contributed by atoms with Crippen LogP contribution in [0.4, 0.5) is 0 Å². The first kappa shape index (κ1) is 11.7. The molecule has 0 spiro atoms. The third-order valence-electron chi connectivity index (χ3n) is 2.40. The summed E-state index contributed by atoms with van der Waals surface area (Å²) in [5, 5.41) is 14.4. The number of carboxylic acids is 1. The highest BCUT2D eigenvalue weighted by Crippen LogP contribution is 2.18. The van der Waals surface area contributed by atoms with Gasteiger partial charge in [0.1, 0.15) is 5.76 Å². The van der Waals surface area contributed by atoms with Gasteiger partial charge in [-0.05, 0) is 25.0 Å². The van der Waals surface area contributed by atoms with E-state index in [1.54, 1.807) is 6.07 Å². The first-order chi connectivity index (χ1) is 8.15. The highest BCUT2D eigenvalue weighted by molar-refractivity contribution is 5.84. The van der Waals surface area contributed by atoms with Gasteiger partial charge in [0.05, 0.1) is 13.1 Å². The lowest BCUT2D eigenvalue weighted by atomic mass is 10.4. The third-order valence-corrected chi connectivity index (χ3v) is 2.40. The molecule has 1 heterocycles. The van der Waals surface area contributed by atoms with Crippen LogP contribution >= 0.6 is 0 Å². The van der Waals surface area contributed by atoms with Gasteiger partial charge in [-0.2, -0.15) is 0 Å². The van der Waals surface area contributed by atoms with Crippen molar-refractivity contribution >= 4 is 11.9 Å². The number of carbonyl (C=O) groups is 2. The van der Waals surface area contributed by atoms with Crippen LogP contribution in [0.15, 0.2) is 16.5 Å². The summed E-state index contributed by atoms with van der Waals surface area (Å²) in [4.78, 5) is 21.8. The molecule has 0 aromatic carbocycles. The standard InChI is InChI=1S/C11H14N2O4/c14-10(13-7-1-2-7)6-12-5-8-3-4-9(17-8)11(15)16/h3-4,7,12H,1-2,5-6H2,(H,13,14)(H,15,16). The van der Waals surface area contributed by atoms with Crippen LogP contribution in [0.25, 0.3) is 0 Å². The van der Waals surface area contributed by atoms with E-state index < -0.39 is 5.97 Å². The van der Waals surface area contributed by atoms with Gasteiger partial charge in [-0.3, -0.25) is 4.79 Å². The second-order valence-electron chi connectivity index (χ2n) is 4.02. The number of nitrogens with one attached hydrogen (secondary N) is 2. The predicted molar refractivity (Wildman–Crippen MR) is 58.5 cm³/mol. The van der Waals surface area contributed by atoms with E-state index in [4.69, 9.17) is 9.52 Å². The summed E-state index contributed by atoms with van der Waals surface area (Å²) in [5.74, 6) is -0.730. The lowest BCUT2D eigenvalue weighted by Gasteiger charge is -2.03.